The summed E-state index contributed by atoms with van der Waals surface area (Å²) in [6.45, 7) is 2.85. The third-order valence-electron chi connectivity index (χ3n) is 4.01. The summed E-state index contributed by atoms with van der Waals surface area (Å²) in [4.78, 5) is 16.1. The van der Waals surface area contributed by atoms with Crippen LogP contribution in [0.5, 0.6) is 11.5 Å². The van der Waals surface area contributed by atoms with Crippen molar-refractivity contribution >= 4 is 21.8 Å². The van der Waals surface area contributed by atoms with Crippen molar-refractivity contribution in [3.63, 3.8) is 0 Å². The minimum atomic E-state index is -3.53. The number of carboxylic acids is 1. The fraction of sp³-hybridized carbons (Fsp3) is 0.364. The van der Waals surface area contributed by atoms with E-state index in [0.29, 0.717) is 37.5 Å². The van der Waals surface area contributed by atoms with Gasteiger partial charge in [-0.3, -0.25) is 4.79 Å². The predicted molar refractivity (Wildman–Crippen MR) is 117 cm³/mol. The minimum Gasteiger partial charge on any atom is -0.493 e. The summed E-state index contributed by atoms with van der Waals surface area (Å²) >= 11 is 0. The first kappa shape index (κ1) is 24.2. The number of aliphatic carboxylic acids is 1. The van der Waals surface area contributed by atoms with Crippen molar-refractivity contribution in [2.75, 3.05) is 19.5 Å². The van der Waals surface area contributed by atoms with E-state index in [2.05, 4.69) is 5.16 Å². The number of hydrogen-bond acceptors (Lipinski definition) is 7. The molecule has 0 heterocycles. The van der Waals surface area contributed by atoms with E-state index in [0.717, 1.165) is 23.8 Å². The van der Waals surface area contributed by atoms with Crippen LogP contribution in [0, 0.1) is 0 Å². The van der Waals surface area contributed by atoms with Crippen LogP contribution in [0.25, 0.3) is 0 Å². The van der Waals surface area contributed by atoms with Crippen LogP contribution in [0.1, 0.15) is 30.9 Å². The third-order valence-corrected chi connectivity index (χ3v) is 4.50. The highest BCUT2D eigenvalue weighted by Crippen LogP contribution is 2.16. The highest BCUT2D eigenvalue weighted by atomic mass is 32.2. The molecule has 8 nitrogen and oxygen atoms in total. The number of hydrogen-bond donors (Lipinski definition) is 1. The first-order chi connectivity index (χ1) is 14.7. The number of nitrogens with zero attached hydrogens (tertiary/aromatic N) is 1. The lowest BCUT2D eigenvalue weighted by atomic mass is 10.1. The Morgan fingerprint density at radius 3 is 2.16 bits per heavy atom. The molecule has 0 aromatic heterocycles. The topological polar surface area (TPSA) is 111 Å². The molecule has 0 aliphatic heterocycles. The van der Waals surface area contributed by atoms with Gasteiger partial charge < -0.3 is 18.9 Å². The summed E-state index contributed by atoms with van der Waals surface area (Å²) in [5.74, 6) is 0.0168. The van der Waals surface area contributed by atoms with E-state index in [1.807, 2.05) is 31.2 Å². The van der Waals surface area contributed by atoms with Crippen molar-refractivity contribution in [2.45, 2.75) is 32.6 Å². The molecule has 2 rings (SSSR count). The maximum atomic E-state index is 11.1. The Morgan fingerprint density at radius 2 is 1.58 bits per heavy atom. The highest BCUT2D eigenvalue weighted by Gasteiger charge is 2.09. The molecule has 2 aromatic rings. The van der Waals surface area contributed by atoms with Crippen molar-refractivity contribution in [2.24, 2.45) is 5.16 Å². The van der Waals surface area contributed by atoms with Gasteiger partial charge in [0.1, 0.15) is 18.1 Å². The first-order valence-corrected chi connectivity index (χ1v) is 11.7. The minimum absolute atomic E-state index is 0.171. The predicted octanol–water partition coefficient (Wildman–Crippen LogP) is 3.45. The molecule has 0 saturated heterocycles. The van der Waals surface area contributed by atoms with Gasteiger partial charge in [0.2, 0.25) is 0 Å². The molecular formula is C22H27NO7S. The smallest absolute Gasteiger partial charge is 0.309 e. The van der Waals surface area contributed by atoms with E-state index in [9.17, 15) is 13.2 Å². The van der Waals surface area contributed by atoms with E-state index in [4.69, 9.17) is 18.9 Å². The molecule has 1 N–H and O–H groups in total. The number of oxime groups is 1. The molecule has 0 radical (unpaired) electrons. The fourth-order valence-electron chi connectivity index (χ4n) is 2.64. The molecule has 0 aliphatic carbocycles. The number of carboxylic acid groups (broad SMARTS) is 1. The third kappa shape index (κ3) is 9.99. The summed E-state index contributed by atoms with van der Waals surface area (Å²) < 4.78 is 32.8. The summed E-state index contributed by atoms with van der Waals surface area (Å²) in [5.41, 5.74) is 2.35. The maximum absolute atomic E-state index is 11.1. The van der Waals surface area contributed by atoms with Crippen molar-refractivity contribution in [3.8, 4) is 11.5 Å². The molecule has 0 saturated carbocycles. The average molecular weight is 450 g/mol. The molecule has 2 aromatic carbocycles. The van der Waals surface area contributed by atoms with Gasteiger partial charge in [-0.1, -0.05) is 36.3 Å². The van der Waals surface area contributed by atoms with Crippen LogP contribution >= 0.6 is 0 Å². The van der Waals surface area contributed by atoms with Gasteiger partial charge in [0.05, 0.1) is 25.0 Å². The monoisotopic (exact) mass is 449 g/mol. The molecule has 0 atom stereocenters. The molecule has 0 unspecified atom stereocenters. The second-order valence-corrected chi connectivity index (χ2v) is 8.49. The van der Waals surface area contributed by atoms with Crippen LogP contribution in [-0.4, -0.2) is 44.7 Å². The molecule has 0 fully saturated rings. The van der Waals surface area contributed by atoms with E-state index >= 15 is 0 Å². The van der Waals surface area contributed by atoms with Gasteiger partial charge in [-0.15, -0.1) is 0 Å². The Kier molecular flexibility index (Phi) is 9.33. The molecule has 0 bridgehead atoms. The van der Waals surface area contributed by atoms with E-state index in [1.54, 1.807) is 24.3 Å². The SMILES string of the molecule is CCCON=C(CC(=O)O)Cc1ccc(OCCc2ccc(OS(C)(=O)=O)cc2)cc1. The first-order valence-electron chi connectivity index (χ1n) is 9.85. The van der Waals surface area contributed by atoms with Gasteiger partial charge in [0.25, 0.3) is 0 Å². The molecule has 0 amide bonds. The lowest BCUT2D eigenvalue weighted by molar-refractivity contribution is -0.135. The second kappa shape index (κ2) is 11.9. The van der Waals surface area contributed by atoms with Crippen LogP contribution in [0.3, 0.4) is 0 Å². The molecule has 168 valence electrons. The Hall–Kier alpha value is -3.07. The molecule has 0 spiro atoms. The zero-order chi connectivity index (χ0) is 22.7. The summed E-state index contributed by atoms with van der Waals surface area (Å²) in [7, 11) is -3.53. The molecule has 9 heteroatoms. The maximum Gasteiger partial charge on any atom is 0.309 e. The Morgan fingerprint density at radius 1 is 0.968 bits per heavy atom. The second-order valence-electron chi connectivity index (χ2n) is 6.91. The quantitative estimate of drug-likeness (QED) is 0.216. The van der Waals surface area contributed by atoms with Crippen LogP contribution in [-0.2, 0) is 32.6 Å². The molecular weight excluding hydrogens is 422 g/mol. The van der Waals surface area contributed by atoms with Gasteiger partial charge in [0, 0.05) is 12.8 Å². The van der Waals surface area contributed by atoms with Gasteiger partial charge in [-0.25, -0.2) is 0 Å². The number of carbonyl (C=O) groups is 1. The molecule has 0 aliphatic rings. The lowest BCUT2D eigenvalue weighted by Crippen LogP contribution is -2.11. The zero-order valence-electron chi connectivity index (χ0n) is 17.6. The zero-order valence-corrected chi connectivity index (χ0v) is 18.4. The standard InChI is InChI=1S/C22H27NO7S/c1-3-13-29-23-19(16-22(24)25)15-18-6-8-20(9-7-18)28-14-12-17-4-10-21(11-5-17)30-31(2,26)27/h4-11H,3,12-16H2,1-2H3,(H,24,25). The van der Waals surface area contributed by atoms with E-state index in [1.165, 1.54) is 0 Å². The number of benzene rings is 2. The van der Waals surface area contributed by atoms with Crippen molar-refractivity contribution in [1.29, 1.82) is 0 Å². The Labute approximate surface area is 182 Å². The fourth-order valence-corrected chi connectivity index (χ4v) is 3.10. The van der Waals surface area contributed by atoms with Crippen LogP contribution in [0.4, 0.5) is 0 Å². The average Bonchev–Trinajstić information content (AvgIpc) is 2.69. The highest BCUT2D eigenvalue weighted by molar-refractivity contribution is 7.86. The number of rotatable bonds is 13. The Balaban J connectivity index is 1.85. The Bertz CT molecular complexity index is 968. The largest absolute Gasteiger partial charge is 0.493 e. The van der Waals surface area contributed by atoms with Crippen molar-refractivity contribution in [1.82, 2.24) is 0 Å². The van der Waals surface area contributed by atoms with Crippen molar-refractivity contribution < 1.29 is 32.1 Å². The van der Waals surface area contributed by atoms with E-state index < -0.39 is 16.1 Å². The summed E-state index contributed by atoms with van der Waals surface area (Å²) in [6, 6.07) is 14.2. The van der Waals surface area contributed by atoms with Gasteiger partial charge in [-0.2, -0.15) is 8.42 Å². The van der Waals surface area contributed by atoms with Crippen LogP contribution < -0.4 is 8.92 Å². The van der Waals surface area contributed by atoms with E-state index in [-0.39, 0.29) is 12.2 Å². The van der Waals surface area contributed by atoms with Gasteiger partial charge in [0.15, 0.2) is 0 Å². The number of ether oxygens (including phenoxy) is 1. The van der Waals surface area contributed by atoms with Gasteiger partial charge >= 0.3 is 16.1 Å². The summed E-state index contributed by atoms with van der Waals surface area (Å²) in [6.07, 6.45) is 2.66. The van der Waals surface area contributed by atoms with Crippen LogP contribution in [0.2, 0.25) is 0 Å². The van der Waals surface area contributed by atoms with Crippen LogP contribution in [0.15, 0.2) is 53.7 Å². The van der Waals surface area contributed by atoms with Crippen molar-refractivity contribution in [3.05, 3.63) is 59.7 Å². The summed E-state index contributed by atoms with van der Waals surface area (Å²) in [5, 5.41) is 13.0. The normalized spacial score (nSPS) is 11.7. The lowest BCUT2D eigenvalue weighted by Gasteiger charge is -2.09. The van der Waals surface area contributed by atoms with Gasteiger partial charge in [-0.05, 0) is 41.8 Å². The molecule has 31 heavy (non-hydrogen) atoms.